The SMILES string of the molecule is CCCN(C1(CN)CCCCC1)S(=O)(=O)C1CCCC1. The smallest absolute Gasteiger partial charge is 0.217 e. The minimum absolute atomic E-state index is 0.153. The van der Waals surface area contributed by atoms with Crippen LogP contribution in [-0.2, 0) is 10.0 Å². The number of hydrogen-bond acceptors (Lipinski definition) is 3. The van der Waals surface area contributed by atoms with Gasteiger partial charge in [-0.1, -0.05) is 39.0 Å². The van der Waals surface area contributed by atoms with E-state index < -0.39 is 10.0 Å². The van der Waals surface area contributed by atoms with Crippen molar-refractivity contribution in [1.82, 2.24) is 4.31 Å². The second kappa shape index (κ2) is 6.75. The molecule has 0 amide bonds. The molecule has 118 valence electrons. The van der Waals surface area contributed by atoms with Crippen molar-refractivity contribution in [2.24, 2.45) is 5.73 Å². The van der Waals surface area contributed by atoms with Crippen LogP contribution >= 0.6 is 0 Å². The average Bonchev–Trinajstić information content (AvgIpc) is 3.00. The molecule has 4 nitrogen and oxygen atoms in total. The van der Waals surface area contributed by atoms with Gasteiger partial charge in [-0.3, -0.25) is 0 Å². The van der Waals surface area contributed by atoms with E-state index >= 15 is 0 Å². The van der Waals surface area contributed by atoms with E-state index in [4.69, 9.17) is 5.73 Å². The van der Waals surface area contributed by atoms with Crippen molar-refractivity contribution in [2.75, 3.05) is 13.1 Å². The largest absolute Gasteiger partial charge is 0.329 e. The first-order valence-electron chi connectivity index (χ1n) is 8.28. The van der Waals surface area contributed by atoms with Crippen LogP contribution in [0.4, 0.5) is 0 Å². The third-order valence-corrected chi connectivity index (χ3v) is 7.65. The maximum Gasteiger partial charge on any atom is 0.217 e. The Hall–Kier alpha value is -0.130. The van der Waals surface area contributed by atoms with Crippen molar-refractivity contribution >= 4 is 10.0 Å². The first-order valence-corrected chi connectivity index (χ1v) is 9.79. The first-order chi connectivity index (χ1) is 9.57. The summed E-state index contributed by atoms with van der Waals surface area (Å²) in [7, 11) is -3.18. The van der Waals surface area contributed by atoms with Gasteiger partial charge in [-0.25, -0.2) is 8.42 Å². The van der Waals surface area contributed by atoms with E-state index in [0.29, 0.717) is 13.1 Å². The predicted molar refractivity (Wildman–Crippen MR) is 83.0 cm³/mol. The Morgan fingerprint density at radius 3 is 2.20 bits per heavy atom. The molecule has 0 spiro atoms. The second-order valence-electron chi connectivity index (χ2n) is 6.51. The monoisotopic (exact) mass is 302 g/mol. The van der Waals surface area contributed by atoms with Gasteiger partial charge in [0, 0.05) is 18.6 Å². The van der Waals surface area contributed by atoms with E-state index in [1.54, 1.807) is 0 Å². The van der Waals surface area contributed by atoms with Gasteiger partial charge in [0.2, 0.25) is 10.0 Å². The van der Waals surface area contributed by atoms with Crippen LogP contribution in [0, 0.1) is 0 Å². The highest BCUT2D eigenvalue weighted by Crippen LogP contribution is 2.38. The van der Waals surface area contributed by atoms with Crippen LogP contribution in [0.2, 0.25) is 0 Å². The molecule has 0 atom stereocenters. The molecule has 5 heteroatoms. The predicted octanol–water partition coefficient (Wildman–Crippen LogP) is 2.63. The Labute approximate surface area is 124 Å². The topological polar surface area (TPSA) is 63.4 Å². The van der Waals surface area contributed by atoms with Crippen molar-refractivity contribution in [3.63, 3.8) is 0 Å². The highest BCUT2D eigenvalue weighted by molar-refractivity contribution is 7.89. The molecular weight excluding hydrogens is 272 g/mol. The van der Waals surface area contributed by atoms with Gasteiger partial charge in [0.25, 0.3) is 0 Å². The lowest BCUT2D eigenvalue weighted by Crippen LogP contribution is -2.59. The zero-order valence-corrected chi connectivity index (χ0v) is 13.6. The summed E-state index contributed by atoms with van der Waals surface area (Å²) >= 11 is 0. The van der Waals surface area contributed by atoms with Crippen LogP contribution in [-0.4, -0.2) is 36.6 Å². The van der Waals surface area contributed by atoms with Gasteiger partial charge >= 0.3 is 0 Å². The van der Waals surface area contributed by atoms with Crippen LogP contribution in [0.25, 0.3) is 0 Å². The lowest BCUT2D eigenvalue weighted by molar-refractivity contribution is 0.134. The molecule has 2 rings (SSSR count). The van der Waals surface area contributed by atoms with Crippen LogP contribution < -0.4 is 5.73 Å². The minimum Gasteiger partial charge on any atom is -0.329 e. The zero-order valence-electron chi connectivity index (χ0n) is 12.8. The Kier molecular flexibility index (Phi) is 5.49. The van der Waals surface area contributed by atoms with Crippen LogP contribution in [0.5, 0.6) is 0 Å². The van der Waals surface area contributed by atoms with E-state index in [9.17, 15) is 8.42 Å². The number of nitrogens with zero attached hydrogens (tertiary/aromatic N) is 1. The highest BCUT2D eigenvalue weighted by Gasteiger charge is 2.45. The summed E-state index contributed by atoms with van der Waals surface area (Å²) in [6, 6.07) is 0. The third-order valence-electron chi connectivity index (χ3n) is 5.15. The van der Waals surface area contributed by atoms with Crippen LogP contribution in [0.3, 0.4) is 0 Å². The number of hydrogen-bond donors (Lipinski definition) is 1. The molecular formula is C15H30N2O2S. The summed E-state index contributed by atoms with van der Waals surface area (Å²) in [5, 5.41) is -0.153. The maximum atomic E-state index is 13.1. The van der Waals surface area contributed by atoms with Gasteiger partial charge in [0.05, 0.1) is 5.25 Å². The molecule has 0 saturated heterocycles. The Bertz CT molecular complexity index is 396. The summed E-state index contributed by atoms with van der Waals surface area (Å²) < 4.78 is 27.9. The number of nitrogens with two attached hydrogens (primary N) is 1. The normalized spacial score (nSPS) is 24.4. The fraction of sp³-hybridized carbons (Fsp3) is 1.00. The van der Waals surface area contributed by atoms with Crippen molar-refractivity contribution < 1.29 is 8.42 Å². The summed E-state index contributed by atoms with van der Waals surface area (Å²) in [5.41, 5.74) is 5.76. The standard InChI is InChI=1S/C15H30N2O2S/c1-2-12-17(15(13-16)10-6-3-7-11-15)20(18,19)14-8-4-5-9-14/h14H,2-13,16H2,1H3. The molecule has 2 N–H and O–H groups in total. The van der Waals surface area contributed by atoms with E-state index in [2.05, 4.69) is 6.92 Å². The van der Waals surface area contributed by atoms with Gasteiger partial charge < -0.3 is 5.73 Å². The van der Waals surface area contributed by atoms with Crippen LogP contribution in [0.15, 0.2) is 0 Å². The zero-order chi connectivity index (χ0) is 14.6. The van der Waals surface area contributed by atoms with E-state index in [0.717, 1.165) is 57.8 Å². The quantitative estimate of drug-likeness (QED) is 0.820. The first kappa shape index (κ1) is 16.2. The number of rotatable bonds is 6. The van der Waals surface area contributed by atoms with Crippen molar-refractivity contribution in [3.8, 4) is 0 Å². The fourth-order valence-electron chi connectivity index (χ4n) is 3.97. The Morgan fingerprint density at radius 1 is 1.10 bits per heavy atom. The molecule has 0 aromatic heterocycles. The van der Waals surface area contributed by atoms with Gasteiger partial charge in [-0.15, -0.1) is 0 Å². The minimum atomic E-state index is -3.18. The Balaban J connectivity index is 2.28. The van der Waals surface area contributed by atoms with Gasteiger partial charge in [0.1, 0.15) is 0 Å². The maximum absolute atomic E-state index is 13.1. The molecule has 0 heterocycles. The lowest BCUT2D eigenvalue weighted by atomic mass is 9.81. The molecule has 2 fully saturated rings. The molecule has 0 bridgehead atoms. The molecule has 2 saturated carbocycles. The van der Waals surface area contributed by atoms with E-state index in [1.807, 2.05) is 4.31 Å². The summed E-state index contributed by atoms with van der Waals surface area (Å²) in [6.45, 7) is 3.17. The fourth-order valence-corrected chi connectivity index (χ4v) is 6.49. The van der Waals surface area contributed by atoms with Gasteiger partial charge in [-0.05, 0) is 32.1 Å². The van der Waals surface area contributed by atoms with Crippen molar-refractivity contribution in [1.29, 1.82) is 0 Å². The van der Waals surface area contributed by atoms with Crippen molar-refractivity contribution in [2.45, 2.75) is 81.9 Å². The van der Waals surface area contributed by atoms with Gasteiger partial charge in [0.15, 0.2) is 0 Å². The second-order valence-corrected chi connectivity index (χ2v) is 8.65. The summed E-state index contributed by atoms with van der Waals surface area (Å²) in [5.74, 6) is 0. The summed E-state index contributed by atoms with van der Waals surface area (Å²) in [6.07, 6.45) is 9.96. The molecule has 2 aliphatic carbocycles. The van der Waals surface area contributed by atoms with Crippen molar-refractivity contribution in [3.05, 3.63) is 0 Å². The molecule has 0 aromatic carbocycles. The van der Waals surface area contributed by atoms with E-state index in [-0.39, 0.29) is 10.8 Å². The average molecular weight is 302 g/mol. The molecule has 0 unspecified atom stereocenters. The third kappa shape index (κ3) is 3.04. The van der Waals surface area contributed by atoms with Crippen LogP contribution in [0.1, 0.15) is 71.1 Å². The Morgan fingerprint density at radius 2 is 1.70 bits per heavy atom. The number of sulfonamides is 1. The summed E-state index contributed by atoms with van der Waals surface area (Å²) in [4.78, 5) is 0. The molecule has 0 aliphatic heterocycles. The lowest BCUT2D eigenvalue weighted by Gasteiger charge is -2.45. The molecule has 0 aromatic rings. The molecule has 0 radical (unpaired) electrons. The van der Waals surface area contributed by atoms with Gasteiger partial charge in [-0.2, -0.15) is 4.31 Å². The van der Waals surface area contributed by atoms with E-state index in [1.165, 1.54) is 6.42 Å². The molecule has 20 heavy (non-hydrogen) atoms. The molecule has 2 aliphatic rings. The highest BCUT2D eigenvalue weighted by atomic mass is 32.2.